The fourth-order valence-corrected chi connectivity index (χ4v) is 3.27. The highest BCUT2D eigenvalue weighted by atomic mass is 14.9. The van der Waals surface area contributed by atoms with Crippen LogP contribution in [0.4, 0.5) is 0 Å². The Hall–Kier alpha value is -1.67. The lowest BCUT2D eigenvalue weighted by atomic mass is 9.99. The van der Waals surface area contributed by atoms with Crippen molar-refractivity contribution in [1.29, 1.82) is 0 Å². The fourth-order valence-electron chi connectivity index (χ4n) is 3.27. The van der Waals surface area contributed by atoms with Gasteiger partial charge in [-0.25, -0.2) is 0 Å². The first-order chi connectivity index (χ1) is 10.3. The topological polar surface area (TPSA) is 24.9 Å². The minimum atomic E-state index is 0.300. The molecular weight excluding hydrogens is 256 g/mol. The Morgan fingerprint density at radius 1 is 1.14 bits per heavy atom. The molecule has 2 aromatic rings. The Balaban J connectivity index is 1.82. The molecule has 1 heterocycles. The molecule has 1 aliphatic rings. The van der Waals surface area contributed by atoms with E-state index in [1.54, 1.807) is 11.1 Å². The molecule has 1 aromatic carbocycles. The van der Waals surface area contributed by atoms with Crippen LogP contribution in [0.5, 0.6) is 0 Å². The van der Waals surface area contributed by atoms with E-state index in [-0.39, 0.29) is 0 Å². The lowest BCUT2D eigenvalue weighted by Gasteiger charge is -2.18. The molecule has 0 spiro atoms. The largest absolute Gasteiger partial charge is 0.309 e. The lowest BCUT2D eigenvalue weighted by Crippen LogP contribution is -2.24. The molecule has 2 nitrogen and oxygen atoms in total. The van der Waals surface area contributed by atoms with Crippen molar-refractivity contribution in [2.45, 2.75) is 45.6 Å². The molecule has 0 saturated carbocycles. The Morgan fingerprint density at radius 2 is 2.00 bits per heavy atom. The van der Waals surface area contributed by atoms with Crippen LogP contribution in [0.1, 0.15) is 47.5 Å². The number of hydrogen-bond acceptors (Lipinski definition) is 2. The molecule has 0 amide bonds. The summed E-state index contributed by atoms with van der Waals surface area (Å²) in [6, 6.07) is 13.6. The fraction of sp³-hybridized carbons (Fsp3) is 0.421. The number of nitrogens with zero attached hydrogens (tertiary/aromatic N) is 1. The molecule has 1 atom stereocenters. The van der Waals surface area contributed by atoms with E-state index in [0.29, 0.717) is 6.04 Å². The normalized spacial score (nSPS) is 15.0. The smallest absolute Gasteiger partial charge is 0.0579 e. The molecule has 1 N–H and O–H groups in total. The SMILES string of the molecule is CCNC(Cc1ccc2c(c1)CCC2)c1cccc(C)n1. The molecule has 1 aromatic heterocycles. The molecule has 21 heavy (non-hydrogen) atoms. The van der Waals surface area contributed by atoms with Crippen molar-refractivity contribution in [3.05, 3.63) is 64.5 Å². The first-order valence-corrected chi connectivity index (χ1v) is 8.04. The predicted molar refractivity (Wildman–Crippen MR) is 87.6 cm³/mol. The van der Waals surface area contributed by atoms with Gasteiger partial charge in [-0.3, -0.25) is 4.98 Å². The van der Waals surface area contributed by atoms with Crippen molar-refractivity contribution >= 4 is 0 Å². The molecule has 1 aliphatic carbocycles. The van der Waals surface area contributed by atoms with Gasteiger partial charge in [0.25, 0.3) is 0 Å². The van der Waals surface area contributed by atoms with Gasteiger partial charge in [0, 0.05) is 5.69 Å². The zero-order chi connectivity index (χ0) is 14.7. The average molecular weight is 280 g/mol. The first-order valence-electron chi connectivity index (χ1n) is 8.04. The van der Waals surface area contributed by atoms with Crippen LogP contribution in [0.2, 0.25) is 0 Å². The van der Waals surface area contributed by atoms with Gasteiger partial charge in [0.05, 0.1) is 11.7 Å². The standard InChI is InChI=1S/C19H24N2/c1-3-20-19(18-9-4-6-14(2)21-18)13-15-10-11-16-7-5-8-17(16)12-15/h4,6,9-12,19-20H,3,5,7-8,13H2,1-2H3. The van der Waals surface area contributed by atoms with Crippen LogP contribution >= 0.6 is 0 Å². The number of fused-ring (bicyclic) bond motifs is 1. The predicted octanol–water partition coefficient (Wildman–Crippen LogP) is 3.77. The molecule has 0 bridgehead atoms. The zero-order valence-corrected chi connectivity index (χ0v) is 13.0. The summed E-state index contributed by atoms with van der Waals surface area (Å²) in [5.74, 6) is 0. The van der Waals surface area contributed by atoms with Gasteiger partial charge in [0.2, 0.25) is 0 Å². The maximum atomic E-state index is 4.70. The van der Waals surface area contributed by atoms with Gasteiger partial charge in [0.15, 0.2) is 0 Å². The van der Waals surface area contributed by atoms with Crippen LogP contribution in [0, 0.1) is 6.92 Å². The van der Waals surface area contributed by atoms with Crippen molar-refractivity contribution in [1.82, 2.24) is 10.3 Å². The van der Waals surface area contributed by atoms with Gasteiger partial charge in [-0.2, -0.15) is 0 Å². The van der Waals surface area contributed by atoms with Crippen LogP contribution < -0.4 is 5.32 Å². The van der Waals surface area contributed by atoms with Gasteiger partial charge in [-0.05, 0) is 68.0 Å². The minimum absolute atomic E-state index is 0.300. The number of aryl methyl sites for hydroxylation is 3. The Bertz CT molecular complexity index is 619. The number of benzene rings is 1. The quantitative estimate of drug-likeness (QED) is 0.901. The third-order valence-electron chi connectivity index (χ3n) is 4.32. The summed E-state index contributed by atoms with van der Waals surface area (Å²) in [4.78, 5) is 4.70. The lowest BCUT2D eigenvalue weighted by molar-refractivity contribution is 0.535. The van der Waals surface area contributed by atoms with Crippen LogP contribution in [0.15, 0.2) is 36.4 Å². The van der Waals surface area contributed by atoms with Crippen LogP contribution in [-0.2, 0) is 19.3 Å². The zero-order valence-electron chi connectivity index (χ0n) is 13.0. The van der Waals surface area contributed by atoms with E-state index >= 15 is 0 Å². The van der Waals surface area contributed by atoms with Crippen molar-refractivity contribution < 1.29 is 0 Å². The minimum Gasteiger partial charge on any atom is -0.309 e. The number of aromatic nitrogens is 1. The molecule has 110 valence electrons. The summed E-state index contributed by atoms with van der Waals surface area (Å²) in [6.07, 6.45) is 4.83. The third-order valence-corrected chi connectivity index (χ3v) is 4.32. The average Bonchev–Trinajstić information content (AvgIpc) is 2.94. The van der Waals surface area contributed by atoms with Crippen molar-refractivity contribution in [2.24, 2.45) is 0 Å². The third kappa shape index (κ3) is 3.33. The number of nitrogens with one attached hydrogen (secondary N) is 1. The Labute approximate surface area is 127 Å². The summed E-state index contributed by atoms with van der Waals surface area (Å²) in [7, 11) is 0. The summed E-state index contributed by atoms with van der Waals surface area (Å²) >= 11 is 0. The van der Waals surface area contributed by atoms with Crippen LogP contribution in [-0.4, -0.2) is 11.5 Å². The van der Waals surface area contributed by atoms with Gasteiger partial charge < -0.3 is 5.32 Å². The Kier molecular flexibility index (Phi) is 4.35. The number of hydrogen-bond donors (Lipinski definition) is 1. The van der Waals surface area contributed by atoms with E-state index in [4.69, 9.17) is 4.98 Å². The molecule has 2 heteroatoms. The second kappa shape index (κ2) is 6.40. The van der Waals surface area contributed by atoms with Crippen LogP contribution in [0.3, 0.4) is 0 Å². The molecule has 0 fully saturated rings. The van der Waals surface area contributed by atoms with E-state index in [1.165, 1.54) is 24.8 Å². The number of likely N-dealkylation sites (N-methyl/N-ethyl adjacent to an activating group) is 1. The van der Waals surface area contributed by atoms with E-state index in [2.05, 4.69) is 55.6 Å². The first kappa shape index (κ1) is 14.3. The molecule has 3 rings (SSSR count). The molecule has 0 saturated heterocycles. The highest BCUT2D eigenvalue weighted by molar-refractivity contribution is 5.36. The molecule has 0 aliphatic heterocycles. The molecular formula is C19H24N2. The van der Waals surface area contributed by atoms with Crippen molar-refractivity contribution in [3.8, 4) is 0 Å². The monoisotopic (exact) mass is 280 g/mol. The molecule has 0 radical (unpaired) electrons. The van der Waals surface area contributed by atoms with Crippen molar-refractivity contribution in [3.63, 3.8) is 0 Å². The summed E-state index contributed by atoms with van der Waals surface area (Å²) in [5, 5.41) is 3.58. The highest BCUT2D eigenvalue weighted by Crippen LogP contribution is 2.25. The van der Waals surface area contributed by atoms with E-state index < -0.39 is 0 Å². The van der Waals surface area contributed by atoms with Gasteiger partial charge >= 0.3 is 0 Å². The van der Waals surface area contributed by atoms with E-state index in [1.807, 2.05) is 0 Å². The second-order valence-corrected chi connectivity index (χ2v) is 5.97. The summed E-state index contributed by atoms with van der Waals surface area (Å²) < 4.78 is 0. The van der Waals surface area contributed by atoms with Gasteiger partial charge in [-0.1, -0.05) is 31.2 Å². The van der Waals surface area contributed by atoms with Crippen LogP contribution in [0.25, 0.3) is 0 Å². The highest BCUT2D eigenvalue weighted by Gasteiger charge is 2.15. The van der Waals surface area contributed by atoms with Gasteiger partial charge in [0.1, 0.15) is 0 Å². The summed E-state index contributed by atoms with van der Waals surface area (Å²) in [5.41, 5.74) is 6.76. The number of pyridine rings is 1. The van der Waals surface area contributed by atoms with E-state index in [9.17, 15) is 0 Å². The molecule has 1 unspecified atom stereocenters. The van der Waals surface area contributed by atoms with Gasteiger partial charge in [-0.15, -0.1) is 0 Å². The second-order valence-electron chi connectivity index (χ2n) is 5.97. The maximum absolute atomic E-state index is 4.70. The Morgan fingerprint density at radius 3 is 2.81 bits per heavy atom. The van der Waals surface area contributed by atoms with E-state index in [0.717, 1.165) is 24.4 Å². The number of rotatable bonds is 5. The summed E-state index contributed by atoms with van der Waals surface area (Å²) in [6.45, 7) is 5.18. The maximum Gasteiger partial charge on any atom is 0.0579 e. The van der Waals surface area contributed by atoms with Crippen molar-refractivity contribution in [2.75, 3.05) is 6.54 Å².